The van der Waals surface area contributed by atoms with Gasteiger partial charge in [-0.3, -0.25) is 39.1 Å². The normalized spacial score (nSPS) is 18.8. The molecule has 7 rings (SSSR count). The maximum atomic E-state index is 13.3. The molecule has 2 aromatic heterocycles. The second-order valence-corrected chi connectivity index (χ2v) is 14.9. The number of ether oxygens (including phenoxy) is 1. The summed E-state index contributed by atoms with van der Waals surface area (Å²) in [5.74, 6) is 0.320. The van der Waals surface area contributed by atoms with Crippen LogP contribution in [0.15, 0.2) is 67.1 Å². The standard InChI is InChI=1S/C42H48N8O7/c51-37(13-9-30-6-4-17-43-25-30)44-18-2-1-5-29-15-19-49(20-16-29)41(55)31-10-12-36(45-26-31)47-21-23-48(24-22-47)39(53)28-57-35-8-3-7-32-33(35)27-50(42(32)56)34-11-14-38(52)46-40(34)54/h3-4,6-10,12-13,17,25-26,29,34H,1-2,5,11,14-16,18-24,27-28H2,(H,44,51)(H,46,52,54)/b13-9+. The summed E-state index contributed by atoms with van der Waals surface area (Å²) in [5, 5.41) is 5.24. The summed E-state index contributed by atoms with van der Waals surface area (Å²) in [5.41, 5.74) is 2.50. The van der Waals surface area contributed by atoms with Gasteiger partial charge < -0.3 is 29.7 Å². The smallest absolute Gasteiger partial charge is 0.260 e. The SMILES string of the molecule is O=C(/C=C/c1cccnc1)NCCCCC1CCN(C(=O)c2ccc(N3CCN(C(=O)COc4cccc5c4CN(C4CCC(=O)NC4=O)C5=O)CC3)nc2)CC1. The van der Waals surface area contributed by atoms with Crippen molar-refractivity contribution in [1.29, 1.82) is 0 Å². The predicted molar refractivity (Wildman–Crippen MR) is 210 cm³/mol. The Hall–Kier alpha value is -6.12. The van der Waals surface area contributed by atoms with Crippen molar-refractivity contribution < 1.29 is 33.5 Å². The molecule has 3 aromatic rings. The van der Waals surface area contributed by atoms with Gasteiger partial charge in [0.2, 0.25) is 17.7 Å². The van der Waals surface area contributed by atoms with Crippen molar-refractivity contribution in [2.24, 2.45) is 5.92 Å². The van der Waals surface area contributed by atoms with E-state index < -0.39 is 11.9 Å². The Balaban J connectivity index is 0.795. The van der Waals surface area contributed by atoms with Gasteiger partial charge >= 0.3 is 0 Å². The molecule has 0 aliphatic carbocycles. The monoisotopic (exact) mass is 776 g/mol. The van der Waals surface area contributed by atoms with E-state index in [0.717, 1.165) is 43.5 Å². The van der Waals surface area contributed by atoms with Gasteiger partial charge in [0.1, 0.15) is 17.6 Å². The molecule has 6 amide bonds. The highest BCUT2D eigenvalue weighted by molar-refractivity contribution is 6.05. The Kier molecular flexibility index (Phi) is 12.5. The number of benzene rings is 1. The first kappa shape index (κ1) is 39.1. The van der Waals surface area contributed by atoms with E-state index in [9.17, 15) is 28.8 Å². The third-order valence-corrected chi connectivity index (χ3v) is 11.2. The molecule has 3 fully saturated rings. The molecule has 3 saturated heterocycles. The summed E-state index contributed by atoms with van der Waals surface area (Å²) in [6.07, 6.45) is 13.7. The van der Waals surface area contributed by atoms with E-state index in [0.29, 0.717) is 74.2 Å². The Labute approximate surface area is 331 Å². The lowest BCUT2D eigenvalue weighted by atomic mass is 9.91. The average Bonchev–Trinajstić information content (AvgIpc) is 3.58. The van der Waals surface area contributed by atoms with Gasteiger partial charge in [0.25, 0.3) is 17.7 Å². The number of nitrogens with zero attached hydrogens (tertiary/aromatic N) is 6. The zero-order valence-corrected chi connectivity index (χ0v) is 31.9. The van der Waals surface area contributed by atoms with Crippen molar-refractivity contribution in [3.05, 3.63) is 89.4 Å². The van der Waals surface area contributed by atoms with Crippen LogP contribution in [-0.4, -0.2) is 119 Å². The lowest BCUT2D eigenvalue weighted by molar-refractivity contribution is -0.137. The number of piperidine rings is 2. The van der Waals surface area contributed by atoms with Crippen LogP contribution in [-0.2, 0) is 25.7 Å². The van der Waals surface area contributed by atoms with Crippen LogP contribution in [0, 0.1) is 5.92 Å². The van der Waals surface area contributed by atoms with Crippen LogP contribution in [0.25, 0.3) is 6.08 Å². The highest BCUT2D eigenvalue weighted by atomic mass is 16.5. The lowest BCUT2D eigenvalue weighted by Gasteiger charge is -2.35. The number of pyridine rings is 2. The van der Waals surface area contributed by atoms with Crippen molar-refractivity contribution in [3.63, 3.8) is 0 Å². The fraction of sp³-hybridized carbons (Fsp3) is 0.429. The van der Waals surface area contributed by atoms with Crippen LogP contribution in [0.2, 0.25) is 0 Å². The minimum Gasteiger partial charge on any atom is -0.483 e. The van der Waals surface area contributed by atoms with Crippen molar-refractivity contribution >= 4 is 47.3 Å². The number of aromatic nitrogens is 2. The largest absolute Gasteiger partial charge is 0.483 e. The fourth-order valence-corrected chi connectivity index (χ4v) is 7.89. The van der Waals surface area contributed by atoms with E-state index in [1.165, 1.54) is 11.0 Å². The molecule has 57 heavy (non-hydrogen) atoms. The number of carbonyl (C=O) groups is 6. The minimum absolute atomic E-state index is 0.0120. The van der Waals surface area contributed by atoms with E-state index >= 15 is 0 Å². The molecule has 0 saturated carbocycles. The van der Waals surface area contributed by atoms with Crippen molar-refractivity contribution in [1.82, 2.24) is 35.3 Å². The molecule has 6 heterocycles. The number of carbonyl (C=O) groups excluding carboxylic acids is 6. The van der Waals surface area contributed by atoms with E-state index in [1.807, 2.05) is 29.2 Å². The molecule has 1 atom stereocenters. The fourth-order valence-electron chi connectivity index (χ4n) is 7.89. The Bertz CT molecular complexity index is 1990. The summed E-state index contributed by atoms with van der Waals surface area (Å²) >= 11 is 0. The summed E-state index contributed by atoms with van der Waals surface area (Å²) in [6.45, 7) is 4.14. The molecular weight excluding hydrogens is 729 g/mol. The van der Waals surface area contributed by atoms with Crippen LogP contribution in [0.4, 0.5) is 5.82 Å². The third-order valence-electron chi connectivity index (χ3n) is 11.2. The molecular formula is C42H48N8O7. The molecule has 0 spiro atoms. The number of imide groups is 1. The van der Waals surface area contributed by atoms with Gasteiger partial charge in [-0.05, 0) is 73.6 Å². The highest BCUT2D eigenvalue weighted by Gasteiger charge is 2.40. The minimum atomic E-state index is -0.730. The van der Waals surface area contributed by atoms with Crippen molar-refractivity contribution in [2.75, 3.05) is 57.3 Å². The number of nitrogens with one attached hydrogen (secondary N) is 2. The molecule has 1 aromatic carbocycles. The molecule has 0 radical (unpaired) electrons. The molecule has 15 nitrogen and oxygen atoms in total. The van der Waals surface area contributed by atoms with Gasteiger partial charge in [-0.2, -0.15) is 0 Å². The maximum Gasteiger partial charge on any atom is 0.260 e. The Morgan fingerprint density at radius 1 is 0.895 bits per heavy atom. The number of likely N-dealkylation sites (tertiary alicyclic amines) is 1. The molecule has 2 N–H and O–H groups in total. The van der Waals surface area contributed by atoms with E-state index in [2.05, 4.69) is 25.5 Å². The lowest BCUT2D eigenvalue weighted by Crippen LogP contribution is -2.52. The second-order valence-electron chi connectivity index (χ2n) is 14.9. The van der Waals surface area contributed by atoms with E-state index in [4.69, 9.17) is 4.74 Å². The first-order chi connectivity index (χ1) is 27.7. The molecule has 0 bridgehead atoms. The van der Waals surface area contributed by atoms with Gasteiger partial charge in [-0.1, -0.05) is 25.0 Å². The van der Waals surface area contributed by atoms with Crippen LogP contribution in [0.1, 0.15) is 76.8 Å². The van der Waals surface area contributed by atoms with Gasteiger partial charge in [0.05, 0.1) is 12.1 Å². The summed E-state index contributed by atoms with van der Waals surface area (Å²) in [4.78, 5) is 91.5. The molecule has 15 heteroatoms. The number of anilines is 1. The molecule has 4 aliphatic rings. The number of hydrogen-bond donors (Lipinski definition) is 2. The van der Waals surface area contributed by atoms with Crippen LogP contribution >= 0.6 is 0 Å². The van der Waals surface area contributed by atoms with Crippen LogP contribution in [0.3, 0.4) is 0 Å². The number of unbranched alkanes of at least 4 members (excludes halogenated alkanes) is 1. The Morgan fingerprint density at radius 3 is 2.46 bits per heavy atom. The third kappa shape index (κ3) is 9.65. The summed E-state index contributed by atoms with van der Waals surface area (Å²) < 4.78 is 5.94. The summed E-state index contributed by atoms with van der Waals surface area (Å²) in [6, 6.07) is 11.8. The number of hydrogen-bond acceptors (Lipinski definition) is 10. The Morgan fingerprint density at radius 2 is 1.72 bits per heavy atom. The van der Waals surface area contributed by atoms with Gasteiger partial charge in [0.15, 0.2) is 6.61 Å². The van der Waals surface area contributed by atoms with E-state index in [-0.39, 0.29) is 55.5 Å². The molecule has 4 aliphatic heterocycles. The number of rotatable bonds is 13. The van der Waals surface area contributed by atoms with E-state index in [1.54, 1.807) is 47.8 Å². The number of amides is 6. The van der Waals surface area contributed by atoms with Crippen molar-refractivity contribution in [3.8, 4) is 5.75 Å². The van der Waals surface area contributed by atoms with Crippen LogP contribution in [0.5, 0.6) is 5.75 Å². The summed E-state index contributed by atoms with van der Waals surface area (Å²) in [7, 11) is 0. The first-order valence-corrected chi connectivity index (χ1v) is 19.8. The number of piperazine rings is 1. The van der Waals surface area contributed by atoms with Gasteiger partial charge in [0, 0.05) is 88.0 Å². The topological polar surface area (TPSA) is 174 Å². The molecule has 1 unspecified atom stereocenters. The van der Waals surface area contributed by atoms with Crippen LogP contribution < -0.4 is 20.3 Å². The number of fused-ring (bicyclic) bond motifs is 1. The molecule has 298 valence electrons. The zero-order chi connectivity index (χ0) is 39.7. The predicted octanol–water partition coefficient (Wildman–Crippen LogP) is 2.82. The van der Waals surface area contributed by atoms with Gasteiger partial charge in [-0.15, -0.1) is 0 Å². The van der Waals surface area contributed by atoms with Gasteiger partial charge in [-0.25, -0.2) is 4.98 Å². The highest BCUT2D eigenvalue weighted by Crippen LogP contribution is 2.33. The zero-order valence-electron chi connectivity index (χ0n) is 31.9. The quantitative estimate of drug-likeness (QED) is 0.149. The maximum absolute atomic E-state index is 13.3. The second kappa shape index (κ2) is 18.2. The average molecular weight is 777 g/mol. The van der Waals surface area contributed by atoms with Crippen molar-refractivity contribution in [2.45, 2.75) is 57.5 Å². The first-order valence-electron chi connectivity index (χ1n) is 19.8.